The van der Waals surface area contributed by atoms with Crippen molar-refractivity contribution in [2.75, 3.05) is 26.8 Å². The van der Waals surface area contributed by atoms with Gasteiger partial charge in [-0.3, -0.25) is 9.59 Å². The third kappa shape index (κ3) is 5.16. The third-order valence-corrected chi connectivity index (χ3v) is 5.00. The number of methoxy groups -OCH3 is 1. The lowest BCUT2D eigenvalue weighted by molar-refractivity contribution is -0.140. The van der Waals surface area contributed by atoms with Crippen LogP contribution >= 0.6 is 0 Å². The van der Waals surface area contributed by atoms with Crippen LogP contribution in [0.3, 0.4) is 0 Å². The number of aryl methyl sites for hydroxylation is 1. The van der Waals surface area contributed by atoms with Crippen LogP contribution in [0.4, 0.5) is 0 Å². The monoisotopic (exact) mass is 421 g/mol. The van der Waals surface area contributed by atoms with Gasteiger partial charge in [-0.2, -0.15) is 0 Å². The Hall–Kier alpha value is -3.52. The summed E-state index contributed by atoms with van der Waals surface area (Å²) in [7, 11) is 1.57. The second-order valence-electron chi connectivity index (χ2n) is 7.11. The topological polar surface area (TPSA) is 89.4 Å². The first kappa shape index (κ1) is 22.2. The van der Waals surface area contributed by atoms with E-state index < -0.39 is 6.04 Å². The fraction of sp³-hybridized carbons (Fsp3) is 0.304. The molecule has 8 heteroatoms. The number of hydrogen-bond acceptors (Lipinski definition) is 5. The molecule has 2 aromatic carbocycles. The first-order valence-electron chi connectivity index (χ1n) is 10.1. The largest absolute Gasteiger partial charge is 0.383 e. The minimum Gasteiger partial charge on any atom is -0.383 e. The van der Waals surface area contributed by atoms with Gasteiger partial charge in [0.15, 0.2) is 0 Å². The predicted octanol–water partition coefficient (Wildman–Crippen LogP) is 2.26. The number of benzene rings is 2. The van der Waals surface area contributed by atoms with Crippen LogP contribution in [0.2, 0.25) is 0 Å². The molecule has 0 aliphatic rings. The Labute approximate surface area is 181 Å². The smallest absolute Gasteiger partial charge is 0.247 e. The van der Waals surface area contributed by atoms with Crippen molar-refractivity contribution in [3.05, 3.63) is 72.3 Å². The Kier molecular flexibility index (Phi) is 7.50. The number of rotatable bonds is 10. The first-order valence-corrected chi connectivity index (χ1v) is 10.1. The SMILES string of the molecule is C=CCN(C(=O)Cn1nnc2ccccc21)[C@H](C(=O)NCCOC)c1ccccc1C. The summed E-state index contributed by atoms with van der Waals surface area (Å²) in [6.07, 6.45) is 1.62. The van der Waals surface area contributed by atoms with E-state index in [0.29, 0.717) is 18.7 Å². The van der Waals surface area contributed by atoms with Gasteiger partial charge in [-0.25, -0.2) is 4.68 Å². The van der Waals surface area contributed by atoms with Gasteiger partial charge in [0.1, 0.15) is 18.1 Å². The highest BCUT2D eigenvalue weighted by Crippen LogP contribution is 2.25. The quantitative estimate of drug-likeness (QED) is 0.401. The lowest BCUT2D eigenvalue weighted by atomic mass is 9.98. The maximum absolute atomic E-state index is 13.4. The maximum Gasteiger partial charge on any atom is 0.247 e. The Balaban J connectivity index is 1.94. The third-order valence-electron chi connectivity index (χ3n) is 5.00. The number of carbonyl (C=O) groups excluding carboxylic acids is 2. The summed E-state index contributed by atoms with van der Waals surface area (Å²) in [6, 6.07) is 14.2. The summed E-state index contributed by atoms with van der Waals surface area (Å²) in [6.45, 7) is 6.61. The zero-order chi connectivity index (χ0) is 22.2. The number of ether oxygens (including phenoxy) is 1. The van der Waals surface area contributed by atoms with Crippen LogP contribution in [0.1, 0.15) is 17.2 Å². The van der Waals surface area contributed by atoms with Crippen molar-refractivity contribution < 1.29 is 14.3 Å². The summed E-state index contributed by atoms with van der Waals surface area (Å²) >= 11 is 0. The molecule has 3 rings (SSSR count). The molecule has 3 aromatic rings. The molecule has 0 unspecified atom stereocenters. The molecule has 1 N–H and O–H groups in total. The highest BCUT2D eigenvalue weighted by molar-refractivity contribution is 5.89. The number of carbonyl (C=O) groups is 2. The van der Waals surface area contributed by atoms with Crippen molar-refractivity contribution in [3.63, 3.8) is 0 Å². The van der Waals surface area contributed by atoms with Crippen LogP contribution < -0.4 is 5.32 Å². The molecule has 0 fully saturated rings. The summed E-state index contributed by atoms with van der Waals surface area (Å²) < 4.78 is 6.59. The van der Waals surface area contributed by atoms with Crippen LogP contribution in [-0.4, -0.2) is 58.5 Å². The van der Waals surface area contributed by atoms with E-state index in [1.165, 1.54) is 4.90 Å². The average Bonchev–Trinajstić information content (AvgIpc) is 3.17. The molecule has 0 spiro atoms. The van der Waals surface area contributed by atoms with Gasteiger partial charge in [-0.05, 0) is 30.2 Å². The van der Waals surface area contributed by atoms with Crippen LogP contribution in [-0.2, 0) is 20.9 Å². The summed E-state index contributed by atoms with van der Waals surface area (Å²) in [5, 5.41) is 11.1. The fourth-order valence-electron chi connectivity index (χ4n) is 3.46. The van der Waals surface area contributed by atoms with Crippen molar-refractivity contribution in [2.24, 2.45) is 0 Å². The standard InChI is InChI=1S/C23H27N5O3/c1-4-14-27(21(29)16-28-20-12-8-7-11-19(20)25-26-28)22(23(30)24-13-15-31-3)18-10-6-5-9-17(18)2/h4-12,22H,1,13-16H2,2-3H3,(H,24,30)/t22-/m0/s1. The molecule has 1 aromatic heterocycles. The highest BCUT2D eigenvalue weighted by Gasteiger charge is 2.32. The maximum atomic E-state index is 13.4. The zero-order valence-corrected chi connectivity index (χ0v) is 17.8. The first-order chi connectivity index (χ1) is 15.1. The summed E-state index contributed by atoms with van der Waals surface area (Å²) in [5.74, 6) is -0.532. The van der Waals surface area contributed by atoms with E-state index in [1.54, 1.807) is 17.9 Å². The number of fused-ring (bicyclic) bond motifs is 1. The molecule has 1 heterocycles. The molecule has 8 nitrogen and oxygen atoms in total. The number of hydrogen-bond donors (Lipinski definition) is 1. The molecule has 0 bridgehead atoms. The van der Waals surface area contributed by atoms with Gasteiger partial charge in [0, 0.05) is 20.2 Å². The van der Waals surface area contributed by atoms with Crippen molar-refractivity contribution >= 4 is 22.8 Å². The molecule has 0 radical (unpaired) electrons. The Morgan fingerprint density at radius 3 is 2.71 bits per heavy atom. The Morgan fingerprint density at radius 2 is 1.97 bits per heavy atom. The van der Waals surface area contributed by atoms with Crippen LogP contribution in [0, 0.1) is 6.92 Å². The fourth-order valence-corrected chi connectivity index (χ4v) is 3.46. The van der Waals surface area contributed by atoms with E-state index in [1.807, 2.05) is 55.5 Å². The molecule has 0 aliphatic heterocycles. The van der Waals surface area contributed by atoms with E-state index in [0.717, 1.165) is 16.6 Å². The van der Waals surface area contributed by atoms with Crippen LogP contribution in [0.5, 0.6) is 0 Å². The second kappa shape index (κ2) is 10.5. The van der Waals surface area contributed by atoms with Crippen molar-refractivity contribution in [1.82, 2.24) is 25.2 Å². The number of aromatic nitrogens is 3. The number of nitrogens with zero attached hydrogens (tertiary/aromatic N) is 4. The summed E-state index contributed by atoms with van der Waals surface area (Å²) in [5.41, 5.74) is 3.14. The highest BCUT2D eigenvalue weighted by atomic mass is 16.5. The summed E-state index contributed by atoms with van der Waals surface area (Å²) in [4.78, 5) is 28.1. The second-order valence-corrected chi connectivity index (χ2v) is 7.11. The van der Waals surface area contributed by atoms with Gasteiger partial charge < -0.3 is 15.0 Å². The van der Waals surface area contributed by atoms with E-state index >= 15 is 0 Å². The lowest BCUT2D eigenvalue weighted by Crippen LogP contribution is -2.46. The van der Waals surface area contributed by atoms with Crippen molar-refractivity contribution in [3.8, 4) is 0 Å². The van der Waals surface area contributed by atoms with Crippen LogP contribution in [0.25, 0.3) is 11.0 Å². The Bertz CT molecular complexity index is 1060. The molecular formula is C23H27N5O3. The molecule has 0 saturated carbocycles. The van der Waals surface area contributed by atoms with Crippen molar-refractivity contribution in [1.29, 1.82) is 0 Å². The van der Waals surface area contributed by atoms with Gasteiger partial charge in [0.25, 0.3) is 0 Å². The van der Waals surface area contributed by atoms with E-state index in [2.05, 4.69) is 22.2 Å². The number of amides is 2. The van der Waals surface area contributed by atoms with Gasteiger partial charge in [0.2, 0.25) is 11.8 Å². The van der Waals surface area contributed by atoms with Gasteiger partial charge in [0.05, 0.1) is 12.1 Å². The molecule has 1 atom stereocenters. The van der Waals surface area contributed by atoms with Gasteiger partial charge in [-0.15, -0.1) is 11.7 Å². The number of nitrogens with one attached hydrogen (secondary N) is 1. The van der Waals surface area contributed by atoms with E-state index in [4.69, 9.17) is 4.74 Å². The Morgan fingerprint density at radius 1 is 1.23 bits per heavy atom. The minimum absolute atomic E-state index is 0.0396. The molecule has 162 valence electrons. The molecule has 0 aliphatic carbocycles. The van der Waals surface area contributed by atoms with Gasteiger partial charge >= 0.3 is 0 Å². The molecular weight excluding hydrogens is 394 g/mol. The van der Waals surface area contributed by atoms with Gasteiger partial charge in [-0.1, -0.05) is 47.7 Å². The number of para-hydroxylation sites is 1. The van der Waals surface area contributed by atoms with E-state index in [9.17, 15) is 9.59 Å². The zero-order valence-electron chi connectivity index (χ0n) is 17.8. The van der Waals surface area contributed by atoms with E-state index in [-0.39, 0.29) is 24.9 Å². The van der Waals surface area contributed by atoms with Crippen LogP contribution in [0.15, 0.2) is 61.2 Å². The molecule has 2 amide bonds. The normalized spacial score (nSPS) is 11.8. The lowest BCUT2D eigenvalue weighted by Gasteiger charge is -2.31. The van der Waals surface area contributed by atoms with Crippen molar-refractivity contribution in [2.45, 2.75) is 19.5 Å². The predicted molar refractivity (Wildman–Crippen MR) is 118 cm³/mol. The molecule has 0 saturated heterocycles. The average molecular weight is 422 g/mol. The minimum atomic E-state index is -0.807. The molecule has 31 heavy (non-hydrogen) atoms.